The van der Waals surface area contributed by atoms with E-state index >= 15 is 0 Å². The molecular formula is C23H24F3N5O3. The van der Waals surface area contributed by atoms with Gasteiger partial charge in [-0.15, -0.1) is 10.2 Å². The first kappa shape index (κ1) is 24.9. The smallest absolute Gasteiger partial charge is 0.419 e. The molecule has 0 atom stereocenters. The monoisotopic (exact) mass is 475 g/mol. The third-order valence-electron chi connectivity index (χ3n) is 4.54. The van der Waals surface area contributed by atoms with Gasteiger partial charge in [0, 0.05) is 11.1 Å². The van der Waals surface area contributed by atoms with E-state index in [1.165, 1.54) is 35.1 Å². The number of hydrogen-bond acceptors (Lipinski definition) is 6. The number of hydrogen-bond donors (Lipinski definition) is 0. The molecule has 11 heteroatoms. The fourth-order valence-corrected chi connectivity index (χ4v) is 3.10. The van der Waals surface area contributed by atoms with Crippen LogP contribution >= 0.6 is 0 Å². The molecule has 0 bridgehead atoms. The highest BCUT2D eigenvalue weighted by Crippen LogP contribution is 2.37. The maximum Gasteiger partial charge on any atom is 0.419 e. The fourth-order valence-electron chi connectivity index (χ4n) is 3.10. The molecule has 8 nitrogen and oxygen atoms in total. The minimum atomic E-state index is -4.53. The van der Waals surface area contributed by atoms with Crippen LogP contribution in [0.5, 0.6) is 0 Å². The third-order valence-corrected chi connectivity index (χ3v) is 4.54. The van der Waals surface area contributed by atoms with Crippen molar-refractivity contribution in [1.29, 1.82) is 0 Å². The normalized spacial score (nSPS) is 11.9. The lowest BCUT2D eigenvalue weighted by molar-refractivity contribution is -0.137. The van der Waals surface area contributed by atoms with Crippen molar-refractivity contribution >= 4 is 23.8 Å². The average molecular weight is 475 g/mol. The van der Waals surface area contributed by atoms with Crippen LogP contribution in [0.2, 0.25) is 0 Å². The van der Waals surface area contributed by atoms with Crippen molar-refractivity contribution in [3.63, 3.8) is 0 Å². The first-order chi connectivity index (χ1) is 15.9. The summed E-state index contributed by atoms with van der Waals surface area (Å²) in [4.78, 5) is 27.2. The molecule has 3 rings (SSSR count). The van der Waals surface area contributed by atoms with Gasteiger partial charge >= 0.3 is 12.3 Å². The number of benzene rings is 2. The molecule has 0 aliphatic rings. The van der Waals surface area contributed by atoms with Crippen LogP contribution in [-0.4, -0.2) is 38.2 Å². The van der Waals surface area contributed by atoms with Crippen molar-refractivity contribution in [3.05, 3.63) is 53.6 Å². The summed E-state index contributed by atoms with van der Waals surface area (Å²) < 4.78 is 44.8. The Morgan fingerprint density at radius 1 is 1.12 bits per heavy atom. The van der Waals surface area contributed by atoms with Gasteiger partial charge in [0.1, 0.15) is 11.9 Å². The Labute approximate surface area is 194 Å². The van der Waals surface area contributed by atoms with E-state index in [0.29, 0.717) is 18.4 Å². The Morgan fingerprint density at radius 2 is 1.79 bits per heavy atom. The van der Waals surface area contributed by atoms with Crippen LogP contribution in [0.1, 0.15) is 50.0 Å². The molecule has 0 radical (unpaired) electrons. The highest BCUT2D eigenvalue weighted by Gasteiger charge is 2.32. The first-order valence-electron chi connectivity index (χ1n) is 10.5. The predicted octanol–water partition coefficient (Wildman–Crippen LogP) is 5.65. The largest absolute Gasteiger partial charge is 0.443 e. The van der Waals surface area contributed by atoms with Crippen molar-refractivity contribution in [2.45, 2.75) is 52.4 Å². The molecule has 34 heavy (non-hydrogen) atoms. The molecule has 0 unspecified atom stereocenters. The number of aldehydes is 1. The second-order valence-electron chi connectivity index (χ2n) is 8.46. The number of rotatable bonds is 6. The Hall–Kier alpha value is -3.76. The molecule has 1 amide bonds. The number of carbonyl (C=O) groups excluding carboxylic acids is 2. The summed E-state index contributed by atoms with van der Waals surface area (Å²) in [5.41, 5.74) is -0.813. The lowest BCUT2D eigenvalue weighted by atomic mass is 10.1. The fraction of sp³-hybridized carbons (Fsp3) is 0.348. The van der Waals surface area contributed by atoms with Gasteiger partial charge in [0.15, 0.2) is 0 Å². The Morgan fingerprint density at radius 3 is 2.35 bits per heavy atom. The average Bonchev–Trinajstić information content (AvgIpc) is 3.21. The standard InChI is InChI=1S/C23H24F3N5O3/c1-5-12-30-28-20(27-29-30)18-13-15(14-32)6-11-19(18)31(21(33)34-22(2,3)4)17-9-7-16(8-10-17)23(24,25)26/h6-11,13-14H,5,12H2,1-4H3. The molecule has 1 aromatic heterocycles. The van der Waals surface area contributed by atoms with E-state index in [9.17, 15) is 22.8 Å². The van der Waals surface area contributed by atoms with Gasteiger partial charge in [-0.25, -0.2) is 9.69 Å². The van der Waals surface area contributed by atoms with E-state index in [1.54, 1.807) is 20.8 Å². The summed E-state index contributed by atoms with van der Waals surface area (Å²) in [6, 6.07) is 8.54. The van der Waals surface area contributed by atoms with E-state index in [1.807, 2.05) is 6.92 Å². The molecule has 0 aliphatic heterocycles. The number of tetrazole rings is 1. The summed E-state index contributed by atoms with van der Waals surface area (Å²) >= 11 is 0. The quantitative estimate of drug-likeness (QED) is 0.428. The number of aryl methyl sites for hydroxylation is 1. The van der Waals surface area contributed by atoms with Crippen molar-refractivity contribution < 1.29 is 27.5 Å². The number of amides is 1. The van der Waals surface area contributed by atoms with Gasteiger partial charge < -0.3 is 4.74 Å². The number of alkyl halides is 3. The number of anilines is 2. The molecule has 0 N–H and O–H groups in total. The van der Waals surface area contributed by atoms with Crippen LogP contribution in [-0.2, 0) is 17.5 Å². The summed E-state index contributed by atoms with van der Waals surface area (Å²) in [6.45, 7) is 7.46. The molecule has 0 saturated heterocycles. The summed E-state index contributed by atoms with van der Waals surface area (Å²) in [5, 5.41) is 12.3. The Bertz CT molecular complexity index is 1170. The van der Waals surface area contributed by atoms with Crippen molar-refractivity contribution in [3.8, 4) is 11.4 Å². The molecule has 180 valence electrons. The van der Waals surface area contributed by atoms with Crippen LogP contribution in [0, 0.1) is 0 Å². The van der Waals surface area contributed by atoms with Crippen molar-refractivity contribution in [2.75, 3.05) is 4.90 Å². The van der Waals surface area contributed by atoms with Crippen LogP contribution in [0.15, 0.2) is 42.5 Å². The summed E-state index contributed by atoms with van der Waals surface area (Å²) in [5.74, 6) is 0.146. The molecule has 1 heterocycles. The van der Waals surface area contributed by atoms with Crippen LogP contribution in [0.3, 0.4) is 0 Å². The highest BCUT2D eigenvalue weighted by molar-refractivity contribution is 6.01. The van der Waals surface area contributed by atoms with Gasteiger partial charge in [-0.05, 0) is 74.9 Å². The maximum absolute atomic E-state index is 13.2. The minimum Gasteiger partial charge on any atom is -0.443 e. The number of aromatic nitrogens is 4. The van der Waals surface area contributed by atoms with Crippen LogP contribution in [0.4, 0.5) is 29.3 Å². The lowest BCUT2D eigenvalue weighted by Gasteiger charge is -2.28. The molecule has 0 fully saturated rings. The van der Waals surface area contributed by atoms with E-state index in [-0.39, 0.29) is 22.8 Å². The van der Waals surface area contributed by atoms with Crippen LogP contribution in [0.25, 0.3) is 11.4 Å². The first-order valence-corrected chi connectivity index (χ1v) is 10.5. The lowest BCUT2D eigenvalue weighted by Crippen LogP contribution is -2.34. The Balaban J connectivity index is 2.18. The van der Waals surface area contributed by atoms with Gasteiger partial charge in [0.2, 0.25) is 5.82 Å². The van der Waals surface area contributed by atoms with E-state index in [0.717, 1.165) is 23.5 Å². The van der Waals surface area contributed by atoms with E-state index < -0.39 is 23.4 Å². The zero-order chi connectivity index (χ0) is 25.1. The molecule has 2 aromatic carbocycles. The van der Waals surface area contributed by atoms with E-state index in [2.05, 4.69) is 15.4 Å². The van der Waals surface area contributed by atoms with E-state index in [4.69, 9.17) is 4.74 Å². The molecule has 3 aromatic rings. The van der Waals surface area contributed by atoms with Gasteiger partial charge in [-0.2, -0.15) is 18.0 Å². The molecule has 0 aliphatic carbocycles. The number of halogens is 3. The van der Waals surface area contributed by atoms with Gasteiger partial charge in [-0.3, -0.25) is 4.79 Å². The number of carbonyl (C=O) groups is 2. The Kier molecular flexibility index (Phi) is 7.04. The van der Waals surface area contributed by atoms with Crippen LogP contribution < -0.4 is 4.90 Å². The second-order valence-corrected chi connectivity index (χ2v) is 8.46. The molecular weight excluding hydrogens is 451 g/mol. The van der Waals surface area contributed by atoms with Crippen molar-refractivity contribution in [1.82, 2.24) is 20.2 Å². The highest BCUT2D eigenvalue weighted by atomic mass is 19.4. The molecule has 0 saturated carbocycles. The third kappa shape index (κ3) is 5.77. The SMILES string of the molecule is CCCn1nnc(-c2cc(C=O)ccc2N(C(=O)OC(C)(C)C)c2ccc(C(F)(F)F)cc2)n1. The second kappa shape index (κ2) is 9.62. The zero-order valence-electron chi connectivity index (χ0n) is 19.1. The van der Waals surface area contributed by atoms with Gasteiger partial charge in [0.05, 0.1) is 23.5 Å². The number of ether oxygens (including phenoxy) is 1. The maximum atomic E-state index is 13.2. The topological polar surface area (TPSA) is 90.2 Å². The summed E-state index contributed by atoms with van der Waals surface area (Å²) in [6.07, 6.45) is -3.98. The number of nitrogens with zero attached hydrogens (tertiary/aromatic N) is 5. The van der Waals surface area contributed by atoms with Gasteiger partial charge in [0.25, 0.3) is 0 Å². The minimum absolute atomic E-state index is 0.128. The van der Waals surface area contributed by atoms with Gasteiger partial charge in [-0.1, -0.05) is 6.92 Å². The zero-order valence-corrected chi connectivity index (χ0v) is 19.1. The van der Waals surface area contributed by atoms with Crippen molar-refractivity contribution in [2.24, 2.45) is 0 Å². The predicted molar refractivity (Wildman–Crippen MR) is 119 cm³/mol. The summed E-state index contributed by atoms with van der Waals surface area (Å²) in [7, 11) is 0. The molecule has 0 spiro atoms.